The molecule has 0 aliphatic heterocycles. The molecule has 3 rings (SSSR count). The van der Waals surface area contributed by atoms with Crippen molar-refractivity contribution in [1.82, 2.24) is 9.88 Å². The molecule has 3 aromatic rings. The average molecular weight is 386 g/mol. The number of aromatic nitrogens is 1. The Labute approximate surface area is 163 Å². The summed E-state index contributed by atoms with van der Waals surface area (Å²) in [5.41, 5.74) is 2.31. The van der Waals surface area contributed by atoms with Gasteiger partial charge >= 0.3 is 5.97 Å². The summed E-state index contributed by atoms with van der Waals surface area (Å²) in [6, 6.07) is 9.25. The molecule has 0 aliphatic rings. The third-order valence-corrected chi connectivity index (χ3v) is 4.64. The van der Waals surface area contributed by atoms with Crippen molar-refractivity contribution in [1.29, 1.82) is 0 Å². The molecule has 2 heterocycles. The summed E-state index contributed by atoms with van der Waals surface area (Å²) in [5, 5.41) is 14.0. The zero-order chi connectivity index (χ0) is 20.1. The van der Waals surface area contributed by atoms with E-state index in [9.17, 15) is 9.90 Å². The molecule has 2 aromatic heterocycles. The van der Waals surface area contributed by atoms with Gasteiger partial charge in [0.25, 0.3) is 0 Å². The van der Waals surface area contributed by atoms with Gasteiger partial charge in [-0.1, -0.05) is 0 Å². The first kappa shape index (κ1) is 20.0. The molecule has 150 valence electrons. The van der Waals surface area contributed by atoms with Crippen molar-refractivity contribution in [2.45, 2.75) is 26.5 Å². The molecule has 0 fully saturated rings. The summed E-state index contributed by atoms with van der Waals surface area (Å²) in [6.07, 6.45) is 0.940. The maximum Gasteiger partial charge on any atom is 0.340 e. The Balaban J connectivity index is 1.64. The van der Waals surface area contributed by atoms with Gasteiger partial charge in [0, 0.05) is 30.2 Å². The first-order chi connectivity index (χ1) is 13.5. The number of hydrogen-bond acceptors (Lipinski definition) is 6. The molecule has 0 saturated carbocycles. The number of carbonyl (C=O) groups excluding carboxylic acids is 1. The number of ether oxygens (including phenoxy) is 2. The minimum atomic E-state index is -0.673. The van der Waals surface area contributed by atoms with Crippen molar-refractivity contribution in [3.8, 4) is 5.75 Å². The molecule has 1 aromatic carbocycles. The minimum absolute atomic E-state index is 0.136. The van der Waals surface area contributed by atoms with Gasteiger partial charge in [-0.25, -0.2) is 4.79 Å². The Morgan fingerprint density at radius 1 is 1.36 bits per heavy atom. The number of furan rings is 1. The monoisotopic (exact) mass is 386 g/mol. The molecular formula is C21H26N2O5. The topological polar surface area (TPSA) is 85.9 Å². The van der Waals surface area contributed by atoms with E-state index < -0.39 is 6.10 Å². The molecule has 0 amide bonds. The predicted molar refractivity (Wildman–Crippen MR) is 106 cm³/mol. The molecule has 0 spiro atoms. The number of carbonyl (C=O) groups is 1. The largest absolute Gasteiger partial charge is 0.491 e. The molecule has 0 radical (unpaired) electrons. The molecule has 7 heteroatoms. The molecular weight excluding hydrogens is 360 g/mol. The van der Waals surface area contributed by atoms with E-state index in [2.05, 4.69) is 5.32 Å². The standard InChI is InChI=1S/C21H26N2O5/c1-4-26-21(25)20-14(2)23(3)19-8-7-16(10-18(19)20)28-13-15(24)11-22-12-17-6-5-9-27-17/h5-10,15,22,24H,4,11-13H2,1-3H3/t15-/m1/s1. The molecule has 7 nitrogen and oxygen atoms in total. The van der Waals surface area contributed by atoms with Gasteiger partial charge in [-0.2, -0.15) is 0 Å². The molecule has 0 saturated heterocycles. The van der Waals surface area contributed by atoms with Crippen molar-refractivity contribution >= 4 is 16.9 Å². The molecule has 28 heavy (non-hydrogen) atoms. The van der Waals surface area contributed by atoms with Gasteiger partial charge in [0.2, 0.25) is 0 Å². The summed E-state index contributed by atoms with van der Waals surface area (Å²) in [5.74, 6) is 1.06. The highest BCUT2D eigenvalue weighted by Gasteiger charge is 2.20. The summed E-state index contributed by atoms with van der Waals surface area (Å²) < 4.78 is 18.1. The van der Waals surface area contributed by atoms with Crippen molar-refractivity contribution in [2.24, 2.45) is 7.05 Å². The minimum Gasteiger partial charge on any atom is -0.491 e. The van der Waals surface area contributed by atoms with Crippen LogP contribution in [0.1, 0.15) is 28.7 Å². The lowest BCUT2D eigenvalue weighted by Gasteiger charge is -2.13. The zero-order valence-electron chi connectivity index (χ0n) is 16.4. The number of hydrogen-bond donors (Lipinski definition) is 2. The van der Waals surface area contributed by atoms with Gasteiger partial charge in [-0.05, 0) is 44.2 Å². The Morgan fingerprint density at radius 3 is 2.89 bits per heavy atom. The van der Waals surface area contributed by atoms with Gasteiger partial charge in [-0.3, -0.25) is 0 Å². The quantitative estimate of drug-likeness (QED) is 0.550. The Hall–Kier alpha value is -2.77. The smallest absolute Gasteiger partial charge is 0.340 e. The van der Waals surface area contributed by atoms with Gasteiger partial charge in [0.15, 0.2) is 0 Å². The van der Waals surface area contributed by atoms with Crippen LogP contribution in [-0.2, 0) is 18.3 Å². The van der Waals surface area contributed by atoms with Crippen LogP contribution < -0.4 is 10.1 Å². The number of aliphatic hydroxyl groups is 1. The van der Waals surface area contributed by atoms with E-state index in [4.69, 9.17) is 13.9 Å². The van der Waals surface area contributed by atoms with Gasteiger partial charge in [0.05, 0.1) is 25.0 Å². The Kier molecular flexibility index (Phi) is 6.38. The highest BCUT2D eigenvalue weighted by Crippen LogP contribution is 2.29. The second-order valence-electron chi connectivity index (χ2n) is 6.59. The first-order valence-electron chi connectivity index (χ1n) is 9.31. The van der Waals surface area contributed by atoms with Crippen molar-refractivity contribution in [3.63, 3.8) is 0 Å². The lowest BCUT2D eigenvalue weighted by Crippen LogP contribution is -2.31. The van der Waals surface area contributed by atoms with E-state index in [1.807, 2.05) is 48.9 Å². The summed E-state index contributed by atoms with van der Waals surface area (Å²) in [7, 11) is 1.91. The number of aliphatic hydroxyl groups excluding tert-OH is 1. The number of rotatable bonds is 9. The van der Waals surface area contributed by atoms with Gasteiger partial charge in [0.1, 0.15) is 24.2 Å². The molecule has 0 unspecified atom stereocenters. The van der Waals surface area contributed by atoms with Gasteiger partial charge < -0.3 is 28.9 Å². The Morgan fingerprint density at radius 2 is 2.18 bits per heavy atom. The summed E-state index contributed by atoms with van der Waals surface area (Å²) in [4.78, 5) is 12.4. The summed E-state index contributed by atoms with van der Waals surface area (Å²) >= 11 is 0. The average Bonchev–Trinajstić information content (AvgIpc) is 3.27. The third-order valence-electron chi connectivity index (χ3n) is 4.64. The van der Waals surface area contributed by atoms with Gasteiger partial charge in [-0.15, -0.1) is 0 Å². The van der Waals surface area contributed by atoms with E-state index in [0.29, 0.717) is 31.0 Å². The highest BCUT2D eigenvalue weighted by molar-refractivity contribution is 6.06. The number of aryl methyl sites for hydroxylation is 1. The second-order valence-corrected chi connectivity index (χ2v) is 6.59. The number of nitrogens with one attached hydrogen (secondary N) is 1. The Bertz CT molecular complexity index is 930. The van der Waals surface area contributed by atoms with Crippen LogP contribution in [0.4, 0.5) is 0 Å². The van der Waals surface area contributed by atoms with E-state index in [1.165, 1.54) is 0 Å². The fourth-order valence-corrected chi connectivity index (χ4v) is 3.13. The summed E-state index contributed by atoms with van der Waals surface area (Å²) in [6.45, 7) is 5.05. The first-order valence-corrected chi connectivity index (χ1v) is 9.31. The van der Waals surface area contributed by atoms with Crippen LogP contribution in [0, 0.1) is 6.92 Å². The molecule has 0 aliphatic carbocycles. The van der Waals surface area contributed by atoms with E-state index in [1.54, 1.807) is 13.2 Å². The van der Waals surface area contributed by atoms with E-state index in [-0.39, 0.29) is 12.6 Å². The SMILES string of the molecule is CCOC(=O)c1c(C)n(C)c2ccc(OC[C@H](O)CNCc3ccco3)cc12. The fourth-order valence-electron chi connectivity index (χ4n) is 3.13. The number of benzene rings is 1. The van der Waals surface area contributed by atoms with Crippen LogP contribution in [-0.4, -0.2) is 41.5 Å². The second kappa shape index (κ2) is 8.95. The van der Waals surface area contributed by atoms with Crippen LogP contribution in [0.2, 0.25) is 0 Å². The van der Waals surface area contributed by atoms with Crippen LogP contribution in [0.25, 0.3) is 10.9 Å². The van der Waals surface area contributed by atoms with Crippen LogP contribution in [0.5, 0.6) is 5.75 Å². The maximum atomic E-state index is 12.4. The molecule has 1 atom stereocenters. The van der Waals surface area contributed by atoms with Crippen molar-refractivity contribution < 1.29 is 23.8 Å². The lowest BCUT2D eigenvalue weighted by molar-refractivity contribution is 0.0527. The van der Waals surface area contributed by atoms with E-state index >= 15 is 0 Å². The van der Waals surface area contributed by atoms with Crippen molar-refractivity contribution in [3.05, 3.63) is 53.6 Å². The molecule has 2 N–H and O–H groups in total. The molecule has 0 bridgehead atoms. The van der Waals surface area contributed by atoms with Crippen LogP contribution in [0.15, 0.2) is 41.0 Å². The lowest BCUT2D eigenvalue weighted by atomic mass is 10.1. The third kappa shape index (κ3) is 4.37. The van der Waals surface area contributed by atoms with Crippen LogP contribution in [0.3, 0.4) is 0 Å². The highest BCUT2D eigenvalue weighted by atomic mass is 16.5. The van der Waals surface area contributed by atoms with Crippen molar-refractivity contribution in [2.75, 3.05) is 19.8 Å². The fraction of sp³-hybridized carbons (Fsp3) is 0.381. The number of nitrogens with zero attached hydrogens (tertiary/aromatic N) is 1. The van der Waals surface area contributed by atoms with Crippen LogP contribution >= 0.6 is 0 Å². The number of fused-ring (bicyclic) bond motifs is 1. The predicted octanol–water partition coefficient (Wildman–Crippen LogP) is 2.79. The maximum absolute atomic E-state index is 12.4. The normalized spacial score (nSPS) is 12.3. The number of esters is 1. The van der Waals surface area contributed by atoms with E-state index in [0.717, 1.165) is 22.4 Å². The zero-order valence-corrected chi connectivity index (χ0v) is 16.4.